The smallest absolute Gasteiger partial charge is 0.269 e. The molecule has 0 atom stereocenters. The molecule has 0 aliphatic carbocycles. The number of anilines is 1. The Labute approximate surface area is 160 Å². The number of nitro benzene ring substituents is 1. The number of aromatic nitrogens is 2. The molecule has 138 valence electrons. The van der Waals surface area contributed by atoms with Crippen LogP contribution < -0.4 is 5.32 Å². The van der Waals surface area contributed by atoms with E-state index in [2.05, 4.69) is 10.4 Å². The van der Waals surface area contributed by atoms with Crippen molar-refractivity contribution in [3.05, 3.63) is 82.0 Å². The van der Waals surface area contributed by atoms with Gasteiger partial charge in [-0.2, -0.15) is 5.10 Å². The molecule has 0 spiro atoms. The van der Waals surface area contributed by atoms with Crippen LogP contribution in [0.5, 0.6) is 0 Å². The zero-order chi connectivity index (χ0) is 19.2. The normalized spacial score (nSPS) is 10.6. The van der Waals surface area contributed by atoms with Crippen LogP contribution in [0.15, 0.2) is 65.6 Å². The predicted octanol–water partition coefficient (Wildman–Crippen LogP) is 3.88. The lowest BCUT2D eigenvalue weighted by Crippen LogP contribution is -2.17. The van der Waals surface area contributed by atoms with E-state index >= 15 is 0 Å². The highest BCUT2D eigenvalue weighted by Gasteiger charge is 2.11. The van der Waals surface area contributed by atoms with E-state index < -0.39 is 4.92 Å². The lowest BCUT2D eigenvalue weighted by atomic mass is 10.2. The summed E-state index contributed by atoms with van der Waals surface area (Å²) < 4.78 is 1.76. The van der Waals surface area contributed by atoms with Gasteiger partial charge in [0.2, 0.25) is 5.91 Å². The molecule has 1 heterocycles. The Balaban J connectivity index is 1.60. The zero-order valence-electron chi connectivity index (χ0n) is 14.7. The summed E-state index contributed by atoms with van der Waals surface area (Å²) in [6, 6.07) is 17.9. The van der Waals surface area contributed by atoms with Gasteiger partial charge >= 0.3 is 0 Å². The van der Waals surface area contributed by atoms with Crippen molar-refractivity contribution in [1.82, 2.24) is 9.78 Å². The number of carbonyl (C=O) groups excluding carboxylic acids is 1. The van der Waals surface area contributed by atoms with Gasteiger partial charge in [0.05, 0.1) is 22.9 Å². The predicted molar refractivity (Wildman–Crippen MR) is 105 cm³/mol. The Hall–Kier alpha value is -3.13. The Kier molecular flexibility index (Phi) is 5.87. The number of nitro groups is 1. The number of hydrogen-bond donors (Lipinski definition) is 1. The number of thioether (sulfide) groups is 1. The maximum absolute atomic E-state index is 12.3. The lowest BCUT2D eigenvalue weighted by molar-refractivity contribution is -0.384. The van der Waals surface area contributed by atoms with Crippen molar-refractivity contribution in [1.29, 1.82) is 0 Å². The van der Waals surface area contributed by atoms with Crippen LogP contribution in [0.25, 0.3) is 0 Å². The van der Waals surface area contributed by atoms with Gasteiger partial charge in [-0.1, -0.05) is 30.3 Å². The topological polar surface area (TPSA) is 90.1 Å². The van der Waals surface area contributed by atoms with E-state index in [1.807, 2.05) is 43.3 Å². The van der Waals surface area contributed by atoms with Gasteiger partial charge < -0.3 is 5.32 Å². The van der Waals surface area contributed by atoms with Crippen molar-refractivity contribution in [2.75, 3.05) is 11.1 Å². The fraction of sp³-hybridized carbons (Fsp3) is 0.158. The number of carbonyl (C=O) groups is 1. The summed E-state index contributed by atoms with van der Waals surface area (Å²) in [4.78, 5) is 23.3. The van der Waals surface area contributed by atoms with Crippen LogP contribution in [0, 0.1) is 17.0 Å². The van der Waals surface area contributed by atoms with Crippen molar-refractivity contribution >= 4 is 29.2 Å². The molecule has 8 heteroatoms. The van der Waals surface area contributed by atoms with Gasteiger partial charge in [0.15, 0.2) is 0 Å². The van der Waals surface area contributed by atoms with Crippen LogP contribution in [0.1, 0.15) is 11.3 Å². The highest BCUT2D eigenvalue weighted by molar-refractivity contribution is 8.00. The van der Waals surface area contributed by atoms with Crippen molar-refractivity contribution in [2.24, 2.45) is 0 Å². The molecule has 3 aromatic rings. The minimum absolute atomic E-state index is 0.0316. The third kappa shape index (κ3) is 5.18. The third-order valence-electron chi connectivity index (χ3n) is 3.76. The van der Waals surface area contributed by atoms with E-state index in [1.165, 1.54) is 23.9 Å². The van der Waals surface area contributed by atoms with Crippen molar-refractivity contribution in [3.8, 4) is 0 Å². The standard InChI is InChI=1S/C19H18N4O3S/c1-14-11-18(22(21-14)12-15-5-3-2-4-6-15)20-19(24)13-27-17-9-7-16(8-10-17)23(25)26/h2-11H,12-13H2,1H3,(H,20,24). The first-order valence-corrected chi connectivity index (χ1v) is 9.25. The lowest BCUT2D eigenvalue weighted by Gasteiger charge is -2.09. The van der Waals surface area contributed by atoms with Crippen LogP contribution in [0.2, 0.25) is 0 Å². The van der Waals surface area contributed by atoms with E-state index in [1.54, 1.807) is 16.8 Å². The van der Waals surface area contributed by atoms with Crippen LogP contribution in [-0.2, 0) is 11.3 Å². The summed E-state index contributed by atoms with van der Waals surface area (Å²) >= 11 is 1.32. The molecule has 0 saturated carbocycles. The Morgan fingerprint density at radius 2 is 1.89 bits per heavy atom. The van der Waals surface area contributed by atoms with Crippen LogP contribution >= 0.6 is 11.8 Å². The highest BCUT2D eigenvalue weighted by atomic mass is 32.2. The number of nitrogens with one attached hydrogen (secondary N) is 1. The van der Waals surface area contributed by atoms with Crippen molar-refractivity contribution in [3.63, 3.8) is 0 Å². The molecule has 0 radical (unpaired) electrons. The monoisotopic (exact) mass is 382 g/mol. The summed E-state index contributed by atoms with van der Waals surface area (Å²) in [6.45, 7) is 2.45. The SMILES string of the molecule is Cc1cc(NC(=O)CSc2ccc([N+](=O)[O-])cc2)n(Cc2ccccc2)n1. The second-order valence-corrected chi connectivity index (χ2v) is 6.95. The molecule has 1 N–H and O–H groups in total. The fourth-order valence-corrected chi connectivity index (χ4v) is 3.21. The van der Waals surface area contributed by atoms with Gasteiger partial charge in [-0.05, 0) is 24.6 Å². The highest BCUT2D eigenvalue weighted by Crippen LogP contribution is 2.22. The van der Waals surface area contributed by atoms with E-state index in [0.717, 1.165) is 16.2 Å². The number of aryl methyl sites for hydroxylation is 1. The first-order valence-electron chi connectivity index (χ1n) is 8.27. The first-order chi connectivity index (χ1) is 13.0. The molecule has 0 fully saturated rings. The van der Waals surface area contributed by atoms with Gasteiger partial charge in [0.1, 0.15) is 5.82 Å². The van der Waals surface area contributed by atoms with Crippen molar-refractivity contribution < 1.29 is 9.72 Å². The Morgan fingerprint density at radius 3 is 2.56 bits per heavy atom. The number of nitrogens with zero attached hydrogens (tertiary/aromatic N) is 3. The molecule has 1 amide bonds. The average molecular weight is 382 g/mol. The van der Waals surface area contributed by atoms with E-state index in [0.29, 0.717) is 12.4 Å². The minimum Gasteiger partial charge on any atom is -0.310 e. The summed E-state index contributed by atoms with van der Waals surface area (Å²) in [5.41, 5.74) is 1.95. The number of non-ortho nitro benzene ring substituents is 1. The molecule has 3 rings (SSSR count). The summed E-state index contributed by atoms with van der Waals surface area (Å²) in [5, 5.41) is 18.0. The Morgan fingerprint density at radius 1 is 1.19 bits per heavy atom. The van der Waals surface area contributed by atoms with Gasteiger partial charge in [-0.25, -0.2) is 4.68 Å². The molecule has 0 aliphatic heterocycles. The van der Waals surface area contributed by atoms with Crippen LogP contribution in [0.3, 0.4) is 0 Å². The maximum atomic E-state index is 12.3. The van der Waals surface area contributed by atoms with Crippen LogP contribution in [0.4, 0.5) is 11.5 Å². The molecule has 0 unspecified atom stereocenters. The van der Waals surface area contributed by atoms with E-state index in [9.17, 15) is 14.9 Å². The molecule has 0 bridgehead atoms. The first kappa shape index (κ1) is 18.7. The second-order valence-electron chi connectivity index (χ2n) is 5.90. The molecule has 1 aromatic heterocycles. The van der Waals surface area contributed by atoms with Gasteiger partial charge in [-0.3, -0.25) is 14.9 Å². The summed E-state index contributed by atoms with van der Waals surface area (Å²) in [7, 11) is 0. The number of benzene rings is 2. The molecular formula is C19H18N4O3S. The fourth-order valence-electron chi connectivity index (χ4n) is 2.51. The minimum atomic E-state index is -0.447. The Bertz CT molecular complexity index is 939. The maximum Gasteiger partial charge on any atom is 0.269 e. The summed E-state index contributed by atoms with van der Waals surface area (Å²) in [6.07, 6.45) is 0. The second kappa shape index (κ2) is 8.50. The molecule has 0 saturated heterocycles. The molecule has 27 heavy (non-hydrogen) atoms. The largest absolute Gasteiger partial charge is 0.310 e. The third-order valence-corrected chi connectivity index (χ3v) is 4.77. The number of amides is 1. The molecule has 0 aliphatic rings. The average Bonchev–Trinajstić information content (AvgIpc) is 3.00. The molecule has 7 nitrogen and oxygen atoms in total. The van der Waals surface area contributed by atoms with Gasteiger partial charge in [0.25, 0.3) is 5.69 Å². The van der Waals surface area contributed by atoms with E-state index in [4.69, 9.17) is 0 Å². The van der Waals surface area contributed by atoms with E-state index in [-0.39, 0.29) is 17.3 Å². The molecule has 2 aromatic carbocycles. The summed E-state index contributed by atoms with van der Waals surface area (Å²) in [5.74, 6) is 0.686. The quantitative estimate of drug-likeness (QED) is 0.380. The van der Waals surface area contributed by atoms with Crippen LogP contribution in [-0.4, -0.2) is 26.4 Å². The van der Waals surface area contributed by atoms with Gasteiger partial charge in [0, 0.05) is 23.1 Å². The number of hydrogen-bond acceptors (Lipinski definition) is 5. The van der Waals surface area contributed by atoms with Gasteiger partial charge in [-0.15, -0.1) is 11.8 Å². The number of rotatable bonds is 7. The van der Waals surface area contributed by atoms with Crippen molar-refractivity contribution in [2.45, 2.75) is 18.4 Å². The zero-order valence-corrected chi connectivity index (χ0v) is 15.5. The molecular weight excluding hydrogens is 364 g/mol.